The van der Waals surface area contributed by atoms with E-state index in [-0.39, 0.29) is 25.7 Å². The van der Waals surface area contributed by atoms with Gasteiger partial charge in [-0.15, -0.1) is 0 Å². The van der Waals surface area contributed by atoms with Crippen LogP contribution in [0.2, 0.25) is 0 Å². The van der Waals surface area contributed by atoms with Crippen LogP contribution in [0.5, 0.6) is 0 Å². The van der Waals surface area contributed by atoms with Crippen LogP contribution in [0.25, 0.3) is 0 Å². The highest BCUT2D eigenvalue weighted by atomic mass is 31.2. The van der Waals surface area contributed by atoms with Gasteiger partial charge in [0, 0.05) is 25.7 Å². The summed E-state index contributed by atoms with van der Waals surface area (Å²) in [6, 6.07) is 0. The monoisotopic (exact) mass is 1540 g/mol. The molecule has 0 amide bonds. The van der Waals surface area contributed by atoms with Crippen molar-refractivity contribution < 1.29 is 80.2 Å². The topological polar surface area (TPSA) is 237 Å². The molecule has 6 atom stereocenters. The Balaban J connectivity index is 5.26. The molecule has 3 unspecified atom stereocenters. The van der Waals surface area contributed by atoms with E-state index in [1.165, 1.54) is 250 Å². The van der Waals surface area contributed by atoms with Crippen LogP contribution < -0.4 is 0 Å². The number of carbonyl (C=O) groups is 4. The van der Waals surface area contributed by atoms with Gasteiger partial charge in [-0.05, 0) is 49.4 Å². The van der Waals surface area contributed by atoms with Crippen molar-refractivity contribution >= 4 is 39.5 Å². The van der Waals surface area contributed by atoms with Crippen molar-refractivity contribution in [2.45, 2.75) is 465 Å². The number of phosphoric acid groups is 2. The van der Waals surface area contributed by atoms with E-state index in [4.69, 9.17) is 37.0 Å². The van der Waals surface area contributed by atoms with Crippen molar-refractivity contribution in [2.75, 3.05) is 39.6 Å². The predicted octanol–water partition coefficient (Wildman–Crippen LogP) is 25.9. The lowest BCUT2D eigenvalue weighted by Gasteiger charge is -2.21. The van der Waals surface area contributed by atoms with E-state index in [0.29, 0.717) is 25.7 Å². The predicted molar refractivity (Wildman–Crippen MR) is 432 cm³/mol. The van der Waals surface area contributed by atoms with Crippen LogP contribution in [-0.2, 0) is 65.4 Å². The molecule has 0 aliphatic rings. The molecule has 0 saturated carbocycles. The Morgan fingerprint density at radius 1 is 0.267 bits per heavy atom. The maximum Gasteiger partial charge on any atom is 0.472 e. The normalized spacial score (nSPS) is 14.2. The van der Waals surface area contributed by atoms with Crippen LogP contribution in [-0.4, -0.2) is 96.7 Å². The van der Waals surface area contributed by atoms with Gasteiger partial charge < -0.3 is 33.8 Å². The van der Waals surface area contributed by atoms with E-state index in [9.17, 15) is 43.2 Å². The molecule has 0 rings (SSSR count). The number of hydrogen-bond acceptors (Lipinski definition) is 15. The summed E-state index contributed by atoms with van der Waals surface area (Å²) in [5, 5.41) is 10.7. The maximum atomic E-state index is 13.1. The first-order chi connectivity index (χ1) is 50.6. The van der Waals surface area contributed by atoms with Gasteiger partial charge >= 0.3 is 39.5 Å². The molecule has 0 aromatic carbocycles. The summed E-state index contributed by atoms with van der Waals surface area (Å²) < 4.78 is 68.9. The number of ether oxygens (including phenoxy) is 4. The van der Waals surface area contributed by atoms with Gasteiger partial charge in [0.25, 0.3) is 0 Å². The third-order valence-electron chi connectivity index (χ3n) is 20.4. The Morgan fingerprint density at radius 3 is 0.676 bits per heavy atom. The van der Waals surface area contributed by atoms with Gasteiger partial charge in [-0.25, -0.2) is 9.13 Å². The Labute approximate surface area is 645 Å². The Kier molecular flexibility index (Phi) is 73.4. The largest absolute Gasteiger partial charge is 0.472 e. The van der Waals surface area contributed by atoms with Crippen LogP contribution in [0.15, 0.2) is 0 Å². The second kappa shape index (κ2) is 74.8. The highest BCUT2D eigenvalue weighted by Crippen LogP contribution is 2.45. The molecule has 0 aliphatic carbocycles. The number of esters is 4. The average molecular weight is 1540 g/mol. The fourth-order valence-electron chi connectivity index (χ4n) is 13.3. The number of carbonyl (C=O) groups excluding carboxylic acids is 4. The summed E-state index contributed by atoms with van der Waals surface area (Å²) >= 11 is 0. The van der Waals surface area contributed by atoms with Crippen molar-refractivity contribution in [2.24, 2.45) is 23.7 Å². The molecular formula is C86H168O17P2. The lowest BCUT2D eigenvalue weighted by atomic mass is 9.99. The van der Waals surface area contributed by atoms with Crippen LogP contribution in [0.4, 0.5) is 0 Å². The second-order valence-electron chi connectivity index (χ2n) is 32.6. The summed E-state index contributed by atoms with van der Waals surface area (Å²) in [5.41, 5.74) is 0. The standard InChI is InChI=1S/C86H168O17P2/c1-9-79(8)65-57-49-41-36-37-43-51-59-67-84(89)97-73-82(103-86(91)69-61-53-45-35-29-23-22-26-32-40-48-56-64-78(6)7)75-101-105(94,95)99-71-80(87)70-98-104(92,93)100-74-81(72-96-83(88)66-58-50-42-33-27-20-17-16-19-25-31-39-47-55-63-77(4)5)102-85(90)68-60-52-44-34-28-21-15-13-11-10-12-14-18-24-30-38-46-54-62-76(2)3/h76-82,87H,9-75H2,1-8H3,(H,92,93)(H,94,95)/t79?,80-,81-,82-/m1/s1. The van der Waals surface area contributed by atoms with Crippen molar-refractivity contribution in [3.05, 3.63) is 0 Å². The first-order valence-corrected chi connectivity index (χ1v) is 47.2. The van der Waals surface area contributed by atoms with E-state index < -0.39 is 97.5 Å². The highest BCUT2D eigenvalue weighted by Gasteiger charge is 2.31. The molecule has 19 heteroatoms. The van der Waals surface area contributed by atoms with Gasteiger partial charge in [0.2, 0.25) is 0 Å². The first-order valence-electron chi connectivity index (χ1n) is 44.2. The lowest BCUT2D eigenvalue weighted by Crippen LogP contribution is -2.30. The molecule has 105 heavy (non-hydrogen) atoms. The van der Waals surface area contributed by atoms with Gasteiger partial charge in [0.05, 0.1) is 26.4 Å². The Hall–Kier alpha value is -1.94. The second-order valence-corrected chi connectivity index (χ2v) is 35.5. The van der Waals surface area contributed by atoms with Crippen LogP contribution in [0.1, 0.15) is 447 Å². The third-order valence-corrected chi connectivity index (χ3v) is 22.3. The maximum absolute atomic E-state index is 13.1. The number of aliphatic hydroxyl groups excluding tert-OH is 1. The first kappa shape index (κ1) is 103. The molecular weight excluding hydrogens is 1370 g/mol. The van der Waals surface area contributed by atoms with Gasteiger partial charge in [-0.2, -0.15) is 0 Å². The molecule has 0 radical (unpaired) electrons. The van der Waals surface area contributed by atoms with E-state index >= 15 is 0 Å². The number of unbranched alkanes of at least 4 members (excludes halogenated alkanes) is 48. The smallest absolute Gasteiger partial charge is 0.462 e. The zero-order valence-corrected chi connectivity index (χ0v) is 71.2. The Bertz CT molecular complexity index is 2040. The highest BCUT2D eigenvalue weighted by molar-refractivity contribution is 7.47. The summed E-state index contributed by atoms with van der Waals surface area (Å²) in [5.74, 6) is 1.07. The third kappa shape index (κ3) is 78.5. The number of hydrogen-bond donors (Lipinski definition) is 3. The lowest BCUT2D eigenvalue weighted by molar-refractivity contribution is -0.161. The molecule has 3 N–H and O–H groups in total. The molecule has 17 nitrogen and oxygen atoms in total. The molecule has 0 spiro atoms. The van der Waals surface area contributed by atoms with E-state index in [0.717, 1.165) is 114 Å². The summed E-state index contributed by atoms with van der Waals surface area (Å²) in [7, 11) is -9.93. The summed E-state index contributed by atoms with van der Waals surface area (Å²) in [6.07, 6.45) is 63.8. The van der Waals surface area contributed by atoms with Crippen molar-refractivity contribution in [1.82, 2.24) is 0 Å². The minimum atomic E-state index is -4.97. The van der Waals surface area contributed by atoms with Crippen LogP contribution >= 0.6 is 15.6 Å². The molecule has 0 aromatic rings. The molecule has 0 bridgehead atoms. The van der Waals surface area contributed by atoms with Crippen molar-refractivity contribution in [3.8, 4) is 0 Å². The van der Waals surface area contributed by atoms with Crippen molar-refractivity contribution in [1.29, 1.82) is 0 Å². The number of aliphatic hydroxyl groups is 1. The summed E-state index contributed by atoms with van der Waals surface area (Å²) in [6.45, 7) is 14.4. The van der Waals surface area contributed by atoms with Gasteiger partial charge in [-0.3, -0.25) is 37.3 Å². The van der Waals surface area contributed by atoms with Crippen LogP contribution in [0.3, 0.4) is 0 Å². The van der Waals surface area contributed by atoms with E-state index in [1.807, 2.05) is 0 Å². The van der Waals surface area contributed by atoms with E-state index in [1.54, 1.807) is 0 Å². The molecule has 0 aliphatic heterocycles. The van der Waals surface area contributed by atoms with Crippen LogP contribution in [0, 0.1) is 23.7 Å². The molecule has 0 heterocycles. The SMILES string of the molecule is CCC(C)CCCCCCCCCCC(=O)OC[C@H](COP(=O)(O)OC[C@H](O)COP(=O)(O)OC[C@@H](COC(=O)CCCCCCCCCCCCCCCCC(C)C)OC(=O)CCCCCCCCCCCCCCCCCCCCC(C)C)OC(=O)CCCCCCCCCCCCCCC(C)C. The fourth-order valence-corrected chi connectivity index (χ4v) is 14.9. The van der Waals surface area contributed by atoms with Crippen molar-refractivity contribution in [3.63, 3.8) is 0 Å². The molecule has 0 fully saturated rings. The van der Waals surface area contributed by atoms with Gasteiger partial charge in [0.15, 0.2) is 12.2 Å². The quantitative estimate of drug-likeness (QED) is 0.0222. The number of rotatable bonds is 83. The Morgan fingerprint density at radius 2 is 0.457 bits per heavy atom. The number of phosphoric ester groups is 2. The minimum absolute atomic E-state index is 0.106. The van der Waals surface area contributed by atoms with E-state index in [2.05, 4.69) is 55.4 Å². The van der Waals surface area contributed by atoms with Gasteiger partial charge in [0.1, 0.15) is 19.3 Å². The zero-order chi connectivity index (χ0) is 77.4. The summed E-state index contributed by atoms with van der Waals surface area (Å²) in [4.78, 5) is 73.3. The minimum Gasteiger partial charge on any atom is -0.462 e. The zero-order valence-electron chi connectivity index (χ0n) is 69.4. The molecule has 624 valence electrons. The molecule has 0 saturated heterocycles. The fraction of sp³-hybridized carbons (Fsp3) is 0.953. The average Bonchev–Trinajstić information content (AvgIpc) is 0.908. The van der Waals surface area contributed by atoms with Gasteiger partial charge in [-0.1, -0.05) is 396 Å². The molecule has 0 aromatic heterocycles.